The molecule has 1 aliphatic rings. The molecule has 0 unspecified atom stereocenters. The maximum absolute atomic E-state index is 5.64. The highest BCUT2D eigenvalue weighted by molar-refractivity contribution is 5.75. The van der Waals surface area contributed by atoms with Gasteiger partial charge >= 0.3 is 0 Å². The Morgan fingerprint density at radius 1 is 0.900 bits per heavy atom. The summed E-state index contributed by atoms with van der Waals surface area (Å²) < 4.78 is 5.64. The van der Waals surface area contributed by atoms with E-state index in [1.54, 1.807) is 0 Å². The van der Waals surface area contributed by atoms with Gasteiger partial charge in [-0.1, -0.05) is 60.7 Å². The van der Waals surface area contributed by atoms with Crippen LogP contribution in [0.15, 0.2) is 65.7 Å². The third kappa shape index (κ3) is 3.18. The quantitative estimate of drug-likeness (QED) is 0.849. The minimum atomic E-state index is 0.668. The summed E-state index contributed by atoms with van der Waals surface area (Å²) in [4.78, 5) is 6.78. The molecule has 1 aliphatic heterocycles. The van der Waals surface area contributed by atoms with Crippen LogP contribution in [0.2, 0.25) is 0 Å². The normalized spacial score (nSPS) is 16.4. The summed E-state index contributed by atoms with van der Waals surface area (Å²) in [6.07, 6.45) is 0. The molecule has 2 aromatic carbocycles. The average Bonchev–Trinajstić information content (AvgIpc) is 2.94. The molecular weight excluding hydrogens is 248 g/mol. The van der Waals surface area contributed by atoms with E-state index < -0.39 is 0 Å². The molecule has 0 aromatic heterocycles. The molecule has 0 aliphatic carbocycles. The monoisotopic (exact) mass is 266 g/mol. The van der Waals surface area contributed by atoms with E-state index in [2.05, 4.69) is 46.3 Å². The van der Waals surface area contributed by atoms with Crippen LogP contribution < -0.4 is 0 Å². The first-order chi connectivity index (χ1) is 9.92. The first-order valence-corrected chi connectivity index (χ1v) is 6.92. The standard InChI is InChI=1S/C17H18N2O/c1-3-7-15(8-4-1)13-18-17-19(11-12-20-17)14-16-9-5-2-6-10-16/h1-10H,11-14H2. The Kier molecular flexibility index (Phi) is 3.97. The molecule has 1 heterocycles. The molecule has 3 nitrogen and oxygen atoms in total. The minimum Gasteiger partial charge on any atom is -0.463 e. The summed E-state index contributed by atoms with van der Waals surface area (Å²) >= 11 is 0. The lowest BCUT2D eigenvalue weighted by Crippen LogP contribution is -2.25. The first kappa shape index (κ1) is 12.7. The zero-order chi connectivity index (χ0) is 13.6. The number of hydrogen-bond donors (Lipinski definition) is 0. The van der Waals surface area contributed by atoms with E-state index >= 15 is 0 Å². The van der Waals surface area contributed by atoms with Gasteiger partial charge in [-0.25, -0.2) is 4.99 Å². The molecule has 0 radical (unpaired) electrons. The summed E-state index contributed by atoms with van der Waals surface area (Å²) in [5, 5.41) is 0. The Bertz CT molecular complexity index is 566. The van der Waals surface area contributed by atoms with Gasteiger partial charge < -0.3 is 9.64 Å². The fraction of sp³-hybridized carbons (Fsp3) is 0.235. The summed E-state index contributed by atoms with van der Waals surface area (Å²) in [6, 6.07) is 21.4. The number of hydrogen-bond acceptors (Lipinski definition) is 2. The Morgan fingerprint density at radius 3 is 2.25 bits per heavy atom. The van der Waals surface area contributed by atoms with Gasteiger partial charge in [-0.05, 0) is 11.1 Å². The van der Waals surface area contributed by atoms with E-state index in [1.807, 2.05) is 24.3 Å². The molecule has 20 heavy (non-hydrogen) atoms. The first-order valence-electron chi connectivity index (χ1n) is 6.92. The van der Waals surface area contributed by atoms with Gasteiger partial charge in [0, 0.05) is 6.54 Å². The van der Waals surface area contributed by atoms with Crippen LogP contribution >= 0.6 is 0 Å². The van der Waals surface area contributed by atoms with Gasteiger partial charge in [0.1, 0.15) is 6.61 Å². The third-order valence-electron chi connectivity index (χ3n) is 3.32. The van der Waals surface area contributed by atoms with Crippen molar-refractivity contribution in [1.29, 1.82) is 0 Å². The van der Waals surface area contributed by atoms with Crippen LogP contribution in [0.5, 0.6) is 0 Å². The van der Waals surface area contributed by atoms with E-state index in [-0.39, 0.29) is 0 Å². The molecule has 2 aromatic rings. The maximum Gasteiger partial charge on any atom is 0.288 e. The molecule has 0 N–H and O–H groups in total. The lowest BCUT2D eigenvalue weighted by molar-refractivity contribution is 0.349. The zero-order valence-electron chi connectivity index (χ0n) is 11.4. The van der Waals surface area contributed by atoms with Gasteiger partial charge in [-0.3, -0.25) is 0 Å². The molecule has 0 spiro atoms. The van der Waals surface area contributed by atoms with Crippen molar-refractivity contribution in [1.82, 2.24) is 4.90 Å². The van der Waals surface area contributed by atoms with Crippen molar-refractivity contribution in [2.24, 2.45) is 4.99 Å². The number of nitrogens with zero attached hydrogens (tertiary/aromatic N) is 2. The molecule has 102 valence electrons. The van der Waals surface area contributed by atoms with Gasteiger partial charge in [-0.15, -0.1) is 0 Å². The second kappa shape index (κ2) is 6.24. The van der Waals surface area contributed by atoms with Gasteiger partial charge in [0.15, 0.2) is 0 Å². The number of rotatable bonds is 4. The Labute approximate surface area is 119 Å². The van der Waals surface area contributed by atoms with Crippen molar-refractivity contribution in [2.45, 2.75) is 13.1 Å². The van der Waals surface area contributed by atoms with Crippen molar-refractivity contribution >= 4 is 6.02 Å². The summed E-state index contributed by atoms with van der Waals surface area (Å²) in [7, 11) is 0. The number of aliphatic imine (C=N–C) groups is 1. The maximum atomic E-state index is 5.64. The summed E-state index contributed by atoms with van der Waals surface area (Å²) in [6.45, 7) is 3.15. The fourth-order valence-electron chi connectivity index (χ4n) is 2.27. The van der Waals surface area contributed by atoms with Crippen LogP contribution in [-0.2, 0) is 17.8 Å². The zero-order valence-corrected chi connectivity index (χ0v) is 11.4. The van der Waals surface area contributed by atoms with E-state index in [4.69, 9.17) is 4.74 Å². The van der Waals surface area contributed by atoms with Gasteiger partial charge in [0.2, 0.25) is 0 Å². The number of ether oxygens (including phenoxy) is 1. The Hall–Kier alpha value is -2.29. The van der Waals surface area contributed by atoms with Crippen LogP contribution in [-0.4, -0.2) is 24.1 Å². The fourth-order valence-corrected chi connectivity index (χ4v) is 2.27. The van der Waals surface area contributed by atoms with Crippen LogP contribution in [0.3, 0.4) is 0 Å². The molecule has 0 atom stereocenters. The van der Waals surface area contributed by atoms with Crippen LogP contribution in [0.1, 0.15) is 11.1 Å². The topological polar surface area (TPSA) is 24.8 Å². The second-order valence-electron chi connectivity index (χ2n) is 4.84. The minimum absolute atomic E-state index is 0.668. The van der Waals surface area contributed by atoms with E-state index in [0.717, 1.165) is 25.7 Å². The molecule has 3 heteroatoms. The highest BCUT2D eigenvalue weighted by Crippen LogP contribution is 2.11. The smallest absolute Gasteiger partial charge is 0.288 e. The highest BCUT2D eigenvalue weighted by Gasteiger charge is 2.19. The van der Waals surface area contributed by atoms with Crippen LogP contribution in [0.4, 0.5) is 0 Å². The average molecular weight is 266 g/mol. The molecule has 0 amide bonds. The largest absolute Gasteiger partial charge is 0.463 e. The van der Waals surface area contributed by atoms with Gasteiger partial charge in [0.05, 0.1) is 13.1 Å². The SMILES string of the molecule is c1ccc(CN=C2OCCN2Cc2ccccc2)cc1. The van der Waals surface area contributed by atoms with Crippen LogP contribution in [0.25, 0.3) is 0 Å². The van der Waals surface area contributed by atoms with E-state index in [9.17, 15) is 0 Å². The van der Waals surface area contributed by atoms with Crippen LogP contribution in [0, 0.1) is 0 Å². The number of amidine groups is 1. The van der Waals surface area contributed by atoms with Crippen molar-refractivity contribution in [3.8, 4) is 0 Å². The Balaban J connectivity index is 1.66. The van der Waals surface area contributed by atoms with Crippen molar-refractivity contribution in [3.63, 3.8) is 0 Å². The molecule has 0 bridgehead atoms. The van der Waals surface area contributed by atoms with Gasteiger partial charge in [0.25, 0.3) is 6.02 Å². The third-order valence-corrected chi connectivity index (χ3v) is 3.32. The molecule has 3 rings (SSSR count). The Morgan fingerprint density at radius 2 is 1.55 bits per heavy atom. The lowest BCUT2D eigenvalue weighted by atomic mass is 10.2. The highest BCUT2D eigenvalue weighted by atomic mass is 16.5. The molecule has 1 fully saturated rings. The number of benzene rings is 2. The van der Waals surface area contributed by atoms with Crippen molar-refractivity contribution in [3.05, 3.63) is 71.8 Å². The predicted octanol–water partition coefficient (Wildman–Crippen LogP) is 3.08. The summed E-state index contributed by atoms with van der Waals surface area (Å²) in [5.74, 6) is 0. The van der Waals surface area contributed by atoms with E-state index in [0.29, 0.717) is 6.54 Å². The van der Waals surface area contributed by atoms with Crippen molar-refractivity contribution in [2.75, 3.05) is 13.2 Å². The second-order valence-corrected chi connectivity index (χ2v) is 4.84. The lowest BCUT2D eigenvalue weighted by Gasteiger charge is -2.15. The van der Waals surface area contributed by atoms with E-state index in [1.165, 1.54) is 11.1 Å². The predicted molar refractivity (Wildman–Crippen MR) is 80.4 cm³/mol. The summed E-state index contributed by atoms with van der Waals surface area (Å²) in [5.41, 5.74) is 2.49. The van der Waals surface area contributed by atoms with Crippen molar-refractivity contribution < 1.29 is 4.74 Å². The molecule has 1 saturated heterocycles. The molecule has 0 saturated carbocycles. The molecular formula is C17H18N2O. The van der Waals surface area contributed by atoms with Gasteiger partial charge in [-0.2, -0.15) is 0 Å².